The van der Waals surface area contributed by atoms with Crippen molar-refractivity contribution in [2.45, 2.75) is 95.8 Å². The zero-order valence-electron chi connectivity index (χ0n) is 28.6. The van der Waals surface area contributed by atoms with Crippen molar-refractivity contribution < 1.29 is 28.7 Å². The van der Waals surface area contributed by atoms with Gasteiger partial charge in [-0.1, -0.05) is 48.5 Å². The number of fused-ring (bicyclic) bond motifs is 1. The van der Waals surface area contributed by atoms with Gasteiger partial charge in [-0.15, -0.1) is 0 Å². The largest absolute Gasteiger partial charge is 0.445 e. The molecule has 49 heavy (non-hydrogen) atoms. The predicted molar refractivity (Wildman–Crippen MR) is 184 cm³/mol. The van der Waals surface area contributed by atoms with Crippen molar-refractivity contribution in [3.63, 3.8) is 0 Å². The molecule has 1 heterocycles. The number of carbonyl (C=O) groups excluding carboxylic acids is 4. The maximum atomic E-state index is 13.5. The Balaban J connectivity index is 1.09. The maximum absolute atomic E-state index is 13.5. The molecule has 4 saturated carbocycles. The second-order valence-corrected chi connectivity index (χ2v) is 15.0. The summed E-state index contributed by atoms with van der Waals surface area (Å²) in [4.78, 5) is 56.4. The summed E-state index contributed by atoms with van der Waals surface area (Å²) >= 11 is 0. The quantitative estimate of drug-likeness (QED) is 0.151. The number of nitrogens with zero attached hydrogens (tertiary/aromatic N) is 1. The maximum Gasteiger partial charge on any atom is 0.408 e. The van der Waals surface area contributed by atoms with Gasteiger partial charge >= 0.3 is 12.2 Å². The molecule has 4 aliphatic rings. The number of para-hydroxylation sites is 1. The molecule has 1 atom stereocenters. The molecule has 4 N–H and O–H groups in total. The van der Waals surface area contributed by atoms with E-state index in [9.17, 15) is 19.2 Å². The summed E-state index contributed by atoms with van der Waals surface area (Å²) in [7, 11) is 0. The summed E-state index contributed by atoms with van der Waals surface area (Å²) in [6.07, 6.45) is 6.50. The van der Waals surface area contributed by atoms with Gasteiger partial charge in [0.25, 0.3) is 11.8 Å². The van der Waals surface area contributed by atoms with E-state index in [1.807, 2.05) is 54.6 Å². The van der Waals surface area contributed by atoms with Crippen LogP contribution in [0.15, 0.2) is 60.7 Å². The van der Waals surface area contributed by atoms with Gasteiger partial charge in [0, 0.05) is 11.9 Å². The molecule has 0 aliphatic heterocycles. The lowest BCUT2D eigenvalue weighted by Crippen LogP contribution is -2.53. The zero-order valence-corrected chi connectivity index (χ0v) is 28.6. The SMILES string of the molecule is CC(C)(C)OC(=O)N[C@@H](CCCNC(=O)OCc1ccccc1)C(=O)NNC(=O)c1cc(C23CC4CC(CC(C4)C2)C3)c2ccccc2n1. The van der Waals surface area contributed by atoms with Gasteiger partial charge < -0.3 is 20.1 Å². The van der Waals surface area contributed by atoms with Crippen LogP contribution in [0.1, 0.15) is 93.8 Å². The Morgan fingerprint density at radius 2 is 1.53 bits per heavy atom. The Morgan fingerprint density at radius 3 is 2.20 bits per heavy atom. The lowest BCUT2D eigenvalue weighted by atomic mass is 9.48. The highest BCUT2D eigenvalue weighted by Gasteiger charge is 2.52. The topological polar surface area (TPSA) is 148 Å². The normalized spacial score (nSPS) is 23.0. The molecular formula is C38H47N5O6. The molecule has 0 spiro atoms. The number of aromatic nitrogens is 1. The zero-order chi connectivity index (χ0) is 34.6. The van der Waals surface area contributed by atoms with Crippen molar-refractivity contribution in [2.24, 2.45) is 17.8 Å². The first kappa shape index (κ1) is 34.2. The molecule has 2 aromatic carbocycles. The molecule has 7 rings (SSSR count). The summed E-state index contributed by atoms with van der Waals surface area (Å²) in [6, 6.07) is 18.2. The number of hydrogen-bond acceptors (Lipinski definition) is 7. The Labute approximate surface area is 287 Å². The van der Waals surface area contributed by atoms with Crippen molar-refractivity contribution in [1.29, 1.82) is 0 Å². The van der Waals surface area contributed by atoms with Crippen LogP contribution < -0.4 is 21.5 Å². The molecule has 0 radical (unpaired) electrons. The van der Waals surface area contributed by atoms with Crippen LogP contribution in [0, 0.1) is 17.8 Å². The van der Waals surface area contributed by atoms with E-state index in [1.54, 1.807) is 20.8 Å². The van der Waals surface area contributed by atoms with Crippen molar-refractivity contribution >= 4 is 34.9 Å². The third-order valence-corrected chi connectivity index (χ3v) is 10.0. The highest BCUT2D eigenvalue weighted by atomic mass is 16.6. The molecule has 4 bridgehead atoms. The number of nitrogens with one attached hydrogen (secondary N) is 4. The smallest absolute Gasteiger partial charge is 0.408 e. The Kier molecular flexibility index (Phi) is 10.1. The van der Waals surface area contributed by atoms with Crippen molar-refractivity contribution in [3.8, 4) is 0 Å². The first-order chi connectivity index (χ1) is 23.5. The van der Waals surface area contributed by atoms with Gasteiger partial charge in [0.15, 0.2) is 0 Å². The Bertz CT molecular complexity index is 1650. The van der Waals surface area contributed by atoms with Crippen LogP contribution in [-0.4, -0.2) is 47.2 Å². The molecule has 0 unspecified atom stereocenters. The minimum absolute atomic E-state index is 0.0417. The van der Waals surface area contributed by atoms with Crippen LogP contribution in [-0.2, 0) is 26.3 Å². The van der Waals surface area contributed by atoms with Gasteiger partial charge in [-0.3, -0.25) is 20.4 Å². The predicted octanol–water partition coefficient (Wildman–Crippen LogP) is 6.06. The van der Waals surface area contributed by atoms with Crippen molar-refractivity contribution in [2.75, 3.05) is 6.54 Å². The van der Waals surface area contributed by atoms with Gasteiger partial charge in [0.1, 0.15) is 23.9 Å². The highest BCUT2D eigenvalue weighted by molar-refractivity contribution is 5.97. The molecule has 4 fully saturated rings. The number of amides is 4. The van der Waals surface area contributed by atoms with Crippen LogP contribution >= 0.6 is 0 Å². The van der Waals surface area contributed by atoms with E-state index in [0.717, 1.165) is 53.5 Å². The highest BCUT2D eigenvalue weighted by Crippen LogP contribution is 2.61. The minimum atomic E-state index is -1.05. The van der Waals surface area contributed by atoms with Crippen LogP contribution in [0.25, 0.3) is 10.9 Å². The van der Waals surface area contributed by atoms with Crippen molar-refractivity contribution in [3.05, 3.63) is 77.5 Å². The third kappa shape index (κ3) is 8.50. The second kappa shape index (κ2) is 14.4. The number of carbonyl (C=O) groups is 4. The summed E-state index contributed by atoms with van der Waals surface area (Å²) in [5.74, 6) is 1.04. The average molecular weight is 670 g/mol. The minimum Gasteiger partial charge on any atom is -0.445 e. The number of pyridine rings is 1. The second-order valence-electron chi connectivity index (χ2n) is 15.0. The molecular weight excluding hydrogens is 622 g/mol. The molecule has 260 valence electrons. The first-order valence-corrected chi connectivity index (χ1v) is 17.4. The summed E-state index contributed by atoms with van der Waals surface area (Å²) in [5.41, 5.74) is 7.31. The van der Waals surface area contributed by atoms with Gasteiger partial charge in [-0.2, -0.15) is 0 Å². The van der Waals surface area contributed by atoms with Gasteiger partial charge in [-0.25, -0.2) is 14.6 Å². The lowest BCUT2D eigenvalue weighted by Gasteiger charge is -2.57. The van der Waals surface area contributed by atoms with Crippen LogP contribution in [0.4, 0.5) is 9.59 Å². The van der Waals surface area contributed by atoms with Crippen LogP contribution in [0.2, 0.25) is 0 Å². The van der Waals surface area contributed by atoms with Gasteiger partial charge in [0.05, 0.1) is 5.52 Å². The monoisotopic (exact) mass is 669 g/mol. The summed E-state index contributed by atoms with van der Waals surface area (Å²) < 4.78 is 10.6. The fourth-order valence-electron chi connectivity index (χ4n) is 8.43. The van der Waals surface area contributed by atoms with Crippen molar-refractivity contribution in [1.82, 2.24) is 26.5 Å². The third-order valence-electron chi connectivity index (χ3n) is 10.0. The van der Waals surface area contributed by atoms with E-state index < -0.39 is 35.6 Å². The summed E-state index contributed by atoms with van der Waals surface area (Å²) in [6.45, 7) is 5.50. The van der Waals surface area contributed by atoms with E-state index in [0.29, 0.717) is 6.42 Å². The lowest BCUT2D eigenvalue weighted by molar-refractivity contribution is -0.124. The van der Waals surface area contributed by atoms with E-state index >= 15 is 0 Å². The first-order valence-electron chi connectivity index (χ1n) is 17.4. The van der Waals surface area contributed by atoms with E-state index in [-0.39, 0.29) is 30.7 Å². The molecule has 11 nitrogen and oxygen atoms in total. The molecule has 0 saturated heterocycles. The fraction of sp³-hybridized carbons (Fsp3) is 0.500. The number of rotatable bonds is 10. The molecule has 3 aromatic rings. The van der Waals surface area contributed by atoms with Gasteiger partial charge in [0.2, 0.25) is 0 Å². The van der Waals surface area contributed by atoms with E-state index in [1.165, 1.54) is 24.8 Å². The standard InChI is InChI=1S/C38H47N5O6/c1-37(2,3)49-36(47)41-31(14-9-15-39-35(46)48-23-24-10-5-4-6-11-24)33(44)42-43-34(45)32-19-29(28-12-7-8-13-30(28)40-32)38-20-25-16-26(21-38)18-27(17-25)22-38/h4-8,10-13,19,25-27,31H,9,14-18,20-23H2,1-3H3,(H,39,46)(H,41,47)(H,42,44)(H,43,45)/t25?,26?,27?,31-,38?/m0/s1. The van der Waals surface area contributed by atoms with Crippen LogP contribution in [0.5, 0.6) is 0 Å². The number of benzene rings is 2. The molecule has 11 heteroatoms. The van der Waals surface area contributed by atoms with E-state index in [2.05, 4.69) is 32.5 Å². The number of hydrogen-bond donors (Lipinski definition) is 4. The number of ether oxygens (including phenoxy) is 2. The molecule has 4 amide bonds. The average Bonchev–Trinajstić information content (AvgIpc) is 3.06. The summed E-state index contributed by atoms with van der Waals surface area (Å²) in [5, 5.41) is 6.34. The van der Waals surface area contributed by atoms with E-state index in [4.69, 9.17) is 9.47 Å². The number of alkyl carbamates (subject to hydrolysis) is 2. The number of hydrazine groups is 1. The Hall–Kier alpha value is -4.67. The van der Waals surface area contributed by atoms with Crippen LogP contribution in [0.3, 0.4) is 0 Å². The molecule has 4 aliphatic carbocycles. The Morgan fingerprint density at radius 1 is 0.878 bits per heavy atom. The van der Waals surface area contributed by atoms with Gasteiger partial charge in [-0.05, 0) is 119 Å². The molecule has 1 aromatic heterocycles. The fourth-order valence-corrected chi connectivity index (χ4v) is 8.43.